The first-order valence-electron chi connectivity index (χ1n) is 9.52. The Hall–Kier alpha value is -0.890. The van der Waals surface area contributed by atoms with Crippen LogP contribution in [-0.4, -0.2) is 102 Å². The smallest absolute Gasteiger partial charge is 0.191 e. The Morgan fingerprint density at radius 1 is 1.24 bits per heavy atom. The normalized spacial score (nSPS) is 18.0. The van der Waals surface area contributed by atoms with Gasteiger partial charge >= 0.3 is 0 Å². The SMILES string of the molecule is CN=C(NCCN(C)CCCOC)NCC(C(C)C)N1CCOCC1. The van der Waals surface area contributed by atoms with Gasteiger partial charge in [0.05, 0.1) is 13.2 Å². The van der Waals surface area contributed by atoms with Crippen LogP contribution in [0.1, 0.15) is 20.3 Å². The van der Waals surface area contributed by atoms with E-state index in [1.165, 1.54) is 0 Å². The van der Waals surface area contributed by atoms with Gasteiger partial charge in [-0.15, -0.1) is 0 Å². The summed E-state index contributed by atoms with van der Waals surface area (Å²) in [6.45, 7) is 12.9. The Morgan fingerprint density at radius 3 is 2.56 bits per heavy atom. The van der Waals surface area contributed by atoms with E-state index >= 15 is 0 Å². The van der Waals surface area contributed by atoms with Gasteiger partial charge in [-0.3, -0.25) is 9.89 Å². The van der Waals surface area contributed by atoms with Crippen molar-refractivity contribution in [1.82, 2.24) is 20.4 Å². The van der Waals surface area contributed by atoms with Gasteiger partial charge in [-0.05, 0) is 19.4 Å². The van der Waals surface area contributed by atoms with E-state index in [9.17, 15) is 0 Å². The summed E-state index contributed by atoms with van der Waals surface area (Å²) < 4.78 is 10.6. The van der Waals surface area contributed by atoms with E-state index in [-0.39, 0.29) is 0 Å². The zero-order valence-electron chi connectivity index (χ0n) is 16.9. The number of rotatable bonds is 11. The van der Waals surface area contributed by atoms with Gasteiger partial charge in [0.15, 0.2) is 5.96 Å². The highest BCUT2D eigenvalue weighted by Crippen LogP contribution is 2.12. The van der Waals surface area contributed by atoms with Crippen LogP contribution in [0.3, 0.4) is 0 Å². The second kappa shape index (κ2) is 13.3. The van der Waals surface area contributed by atoms with E-state index < -0.39 is 0 Å². The number of likely N-dealkylation sites (N-methyl/N-ethyl adjacent to an activating group) is 1. The van der Waals surface area contributed by atoms with Crippen molar-refractivity contribution in [2.24, 2.45) is 10.9 Å². The number of aliphatic imine (C=N–C) groups is 1. The van der Waals surface area contributed by atoms with E-state index in [0.717, 1.165) is 71.5 Å². The lowest BCUT2D eigenvalue weighted by Crippen LogP contribution is -2.53. The summed E-state index contributed by atoms with van der Waals surface area (Å²) in [5.74, 6) is 1.47. The first-order valence-corrected chi connectivity index (χ1v) is 9.52. The molecule has 0 aromatic rings. The molecule has 0 radical (unpaired) electrons. The lowest BCUT2D eigenvalue weighted by Gasteiger charge is -2.37. The number of nitrogens with zero attached hydrogens (tertiary/aromatic N) is 3. The monoisotopic (exact) mass is 357 g/mol. The average Bonchev–Trinajstić information content (AvgIpc) is 2.61. The highest BCUT2D eigenvalue weighted by Gasteiger charge is 2.23. The van der Waals surface area contributed by atoms with E-state index in [4.69, 9.17) is 9.47 Å². The van der Waals surface area contributed by atoms with Gasteiger partial charge in [-0.2, -0.15) is 0 Å². The van der Waals surface area contributed by atoms with Crippen molar-refractivity contribution in [3.63, 3.8) is 0 Å². The Labute approximate surface area is 154 Å². The second-order valence-electron chi connectivity index (χ2n) is 6.99. The first kappa shape index (κ1) is 22.2. The predicted octanol–water partition coefficient (Wildman–Crippen LogP) is 0.477. The Morgan fingerprint density at radius 2 is 1.96 bits per heavy atom. The first-order chi connectivity index (χ1) is 12.1. The van der Waals surface area contributed by atoms with Crippen LogP contribution in [0.15, 0.2) is 4.99 Å². The third kappa shape index (κ3) is 9.39. The van der Waals surface area contributed by atoms with Gasteiger partial charge in [0.2, 0.25) is 0 Å². The van der Waals surface area contributed by atoms with Gasteiger partial charge in [0.25, 0.3) is 0 Å². The van der Waals surface area contributed by atoms with Crippen LogP contribution in [0.4, 0.5) is 0 Å². The maximum atomic E-state index is 5.48. The molecule has 1 unspecified atom stereocenters. The lowest BCUT2D eigenvalue weighted by molar-refractivity contribution is 0.00752. The van der Waals surface area contributed by atoms with Crippen molar-refractivity contribution in [3.05, 3.63) is 0 Å². The largest absolute Gasteiger partial charge is 0.385 e. The minimum absolute atomic E-state index is 0.499. The molecule has 0 aliphatic carbocycles. The number of guanidine groups is 1. The molecule has 7 nitrogen and oxygen atoms in total. The molecule has 148 valence electrons. The molecule has 0 aromatic carbocycles. The molecule has 25 heavy (non-hydrogen) atoms. The molecule has 0 spiro atoms. The molecule has 1 saturated heterocycles. The second-order valence-corrected chi connectivity index (χ2v) is 6.99. The van der Waals surface area contributed by atoms with Crippen LogP contribution < -0.4 is 10.6 Å². The molecule has 0 saturated carbocycles. The number of nitrogens with one attached hydrogen (secondary N) is 2. The number of hydrogen-bond donors (Lipinski definition) is 2. The molecule has 1 atom stereocenters. The minimum Gasteiger partial charge on any atom is -0.385 e. The fraction of sp³-hybridized carbons (Fsp3) is 0.944. The zero-order chi connectivity index (χ0) is 18.5. The van der Waals surface area contributed by atoms with Crippen molar-refractivity contribution >= 4 is 5.96 Å². The molecule has 2 N–H and O–H groups in total. The summed E-state index contributed by atoms with van der Waals surface area (Å²) >= 11 is 0. The highest BCUT2D eigenvalue weighted by molar-refractivity contribution is 5.79. The molecule has 1 aliphatic rings. The summed E-state index contributed by atoms with van der Waals surface area (Å²) in [6.07, 6.45) is 1.07. The fourth-order valence-electron chi connectivity index (χ4n) is 3.07. The highest BCUT2D eigenvalue weighted by atomic mass is 16.5. The molecule has 0 bridgehead atoms. The van der Waals surface area contributed by atoms with Gasteiger partial charge in [0, 0.05) is 66.1 Å². The zero-order valence-corrected chi connectivity index (χ0v) is 16.9. The topological polar surface area (TPSA) is 61.4 Å². The summed E-state index contributed by atoms with van der Waals surface area (Å²) in [4.78, 5) is 9.18. The molecule has 1 heterocycles. The summed E-state index contributed by atoms with van der Waals surface area (Å²) in [6, 6.07) is 0.499. The lowest BCUT2D eigenvalue weighted by atomic mass is 10.0. The molecular formula is C18H39N5O2. The van der Waals surface area contributed by atoms with Crippen molar-refractivity contribution in [1.29, 1.82) is 0 Å². The summed E-state index contributed by atoms with van der Waals surface area (Å²) in [7, 11) is 5.72. The molecule has 1 fully saturated rings. The van der Waals surface area contributed by atoms with E-state index in [1.807, 2.05) is 7.05 Å². The van der Waals surface area contributed by atoms with Crippen molar-refractivity contribution in [2.75, 3.05) is 80.3 Å². The van der Waals surface area contributed by atoms with Gasteiger partial charge in [0.1, 0.15) is 0 Å². The Kier molecular flexibility index (Phi) is 11.8. The Bertz CT molecular complexity index is 359. The van der Waals surface area contributed by atoms with E-state index in [2.05, 4.69) is 46.3 Å². The summed E-state index contributed by atoms with van der Waals surface area (Å²) in [5, 5.41) is 6.90. The minimum atomic E-state index is 0.499. The number of hydrogen-bond acceptors (Lipinski definition) is 5. The van der Waals surface area contributed by atoms with Crippen molar-refractivity contribution in [2.45, 2.75) is 26.3 Å². The van der Waals surface area contributed by atoms with Gasteiger partial charge in [-0.25, -0.2) is 0 Å². The van der Waals surface area contributed by atoms with Crippen LogP contribution in [-0.2, 0) is 9.47 Å². The predicted molar refractivity (Wildman–Crippen MR) is 104 cm³/mol. The van der Waals surface area contributed by atoms with E-state index in [1.54, 1.807) is 7.11 Å². The van der Waals surface area contributed by atoms with Crippen LogP contribution in [0.5, 0.6) is 0 Å². The quantitative estimate of drug-likeness (QED) is 0.319. The van der Waals surface area contributed by atoms with Crippen molar-refractivity contribution < 1.29 is 9.47 Å². The Balaban J connectivity index is 2.29. The molecule has 7 heteroatoms. The molecular weight excluding hydrogens is 318 g/mol. The van der Waals surface area contributed by atoms with Crippen LogP contribution in [0, 0.1) is 5.92 Å². The van der Waals surface area contributed by atoms with Crippen molar-refractivity contribution in [3.8, 4) is 0 Å². The summed E-state index contributed by atoms with van der Waals surface area (Å²) in [5.41, 5.74) is 0. The molecule has 1 rings (SSSR count). The number of morpholine rings is 1. The van der Waals surface area contributed by atoms with E-state index in [0.29, 0.717) is 12.0 Å². The number of methoxy groups -OCH3 is 1. The maximum Gasteiger partial charge on any atom is 0.191 e. The van der Waals surface area contributed by atoms with Crippen LogP contribution >= 0.6 is 0 Å². The molecule has 0 amide bonds. The van der Waals surface area contributed by atoms with Crippen LogP contribution in [0.25, 0.3) is 0 Å². The van der Waals surface area contributed by atoms with Gasteiger partial charge in [-0.1, -0.05) is 13.8 Å². The number of ether oxygens (including phenoxy) is 2. The van der Waals surface area contributed by atoms with Crippen LogP contribution in [0.2, 0.25) is 0 Å². The average molecular weight is 358 g/mol. The molecule has 0 aromatic heterocycles. The standard InChI is InChI=1S/C18H39N5O2/c1-16(2)17(23-10-13-25-14-11-23)15-21-18(19-3)20-7-9-22(4)8-6-12-24-5/h16-17H,6-15H2,1-5H3,(H2,19,20,21). The maximum absolute atomic E-state index is 5.48. The third-order valence-corrected chi connectivity index (χ3v) is 4.66. The van der Waals surface area contributed by atoms with Gasteiger partial charge < -0.3 is 25.0 Å². The molecule has 1 aliphatic heterocycles. The fourth-order valence-corrected chi connectivity index (χ4v) is 3.07. The third-order valence-electron chi connectivity index (χ3n) is 4.66.